The van der Waals surface area contributed by atoms with Crippen molar-refractivity contribution in [1.29, 1.82) is 0 Å². The second kappa shape index (κ2) is 6.79. The van der Waals surface area contributed by atoms with E-state index in [9.17, 15) is 5.11 Å². The first-order valence-electron chi connectivity index (χ1n) is 8.29. The Kier molecular flexibility index (Phi) is 4.73. The molecule has 2 heterocycles. The second-order valence-corrected chi connectivity index (χ2v) is 6.61. The summed E-state index contributed by atoms with van der Waals surface area (Å²) in [4.78, 5) is 6.55. The van der Waals surface area contributed by atoms with Crippen molar-refractivity contribution >= 4 is 11.0 Å². The van der Waals surface area contributed by atoms with Gasteiger partial charge in [0.05, 0.1) is 42.3 Å². The highest BCUT2D eigenvalue weighted by molar-refractivity contribution is 5.77. The molecular weight excluding hydrogens is 302 g/mol. The average Bonchev–Trinajstić information content (AvgIpc) is 3.18. The highest BCUT2D eigenvalue weighted by Gasteiger charge is 2.18. The number of aliphatic hydroxyl groups excluding tert-OH is 1. The van der Waals surface area contributed by atoms with Gasteiger partial charge < -0.3 is 14.1 Å². The minimum atomic E-state index is -0.480. The number of aliphatic hydroxyl groups is 1. The smallest absolute Gasteiger partial charge is 0.120 e. The fraction of sp³-hybridized carbons (Fsp3) is 0.421. The minimum absolute atomic E-state index is 0.124. The van der Waals surface area contributed by atoms with Crippen LogP contribution in [-0.4, -0.2) is 39.3 Å². The molecule has 0 saturated heterocycles. The van der Waals surface area contributed by atoms with E-state index in [1.165, 1.54) is 11.1 Å². The topological polar surface area (TPSA) is 54.4 Å². The van der Waals surface area contributed by atoms with Gasteiger partial charge in [-0.15, -0.1) is 0 Å². The van der Waals surface area contributed by atoms with Gasteiger partial charge in [-0.3, -0.25) is 4.90 Å². The summed E-state index contributed by atoms with van der Waals surface area (Å²) in [5.41, 5.74) is 4.52. The summed E-state index contributed by atoms with van der Waals surface area (Å²) in [6.07, 6.45) is 3.01. The summed E-state index contributed by atoms with van der Waals surface area (Å²) in [6.45, 7) is 7.35. The molecule has 0 fully saturated rings. The highest BCUT2D eigenvalue weighted by Crippen LogP contribution is 2.21. The summed E-state index contributed by atoms with van der Waals surface area (Å²) in [7, 11) is 2.00. The third-order valence-corrected chi connectivity index (χ3v) is 4.76. The molecular formula is C19H25N3O2. The van der Waals surface area contributed by atoms with E-state index < -0.39 is 6.10 Å². The Morgan fingerprint density at radius 1 is 1.29 bits per heavy atom. The molecule has 1 aromatic carbocycles. The van der Waals surface area contributed by atoms with Crippen LogP contribution in [0.2, 0.25) is 0 Å². The Morgan fingerprint density at radius 3 is 2.75 bits per heavy atom. The number of likely N-dealkylation sites (N-methyl/N-ethyl adjacent to an activating group) is 1. The lowest BCUT2D eigenvalue weighted by Gasteiger charge is -2.25. The molecule has 24 heavy (non-hydrogen) atoms. The molecule has 2 atom stereocenters. The summed E-state index contributed by atoms with van der Waals surface area (Å²) in [5.74, 6) is 0.906. The van der Waals surface area contributed by atoms with Crippen LogP contribution in [0.25, 0.3) is 11.0 Å². The number of hydrogen-bond acceptors (Lipinski definition) is 4. The zero-order valence-electron chi connectivity index (χ0n) is 14.7. The van der Waals surface area contributed by atoms with E-state index in [1.54, 1.807) is 6.26 Å². The van der Waals surface area contributed by atoms with Gasteiger partial charge >= 0.3 is 0 Å². The maximum Gasteiger partial charge on any atom is 0.120 e. The van der Waals surface area contributed by atoms with Crippen molar-refractivity contribution in [2.75, 3.05) is 13.6 Å². The number of aryl methyl sites for hydroxylation is 2. The molecule has 0 spiro atoms. The van der Waals surface area contributed by atoms with Crippen LogP contribution >= 0.6 is 0 Å². The lowest BCUT2D eigenvalue weighted by molar-refractivity contribution is 0.0899. The zero-order valence-corrected chi connectivity index (χ0v) is 14.7. The van der Waals surface area contributed by atoms with Crippen LogP contribution in [0, 0.1) is 13.8 Å². The van der Waals surface area contributed by atoms with Crippen LogP contribution in [0.15, 0.2) is 41.3 Å². The van der Waals surface area contributed by atoms with Crippen LogP contribution in [-0.2, 0) is 6.54 Å². The van der Waals surface area contributed by atoms with Crippen LogP contribution in [0.3, 0.4) is 0 Å². The van der Waals surface area contributed by atoms with Crippen molar-refractivity contribution in [2.45, 2.75) is 39.5 Å². The van der Waals surface area contributed by atoms with Crippen molar-refractivity contribution in [1.82, 2.24) is 14.5 Å². The third kappa shape index (κ3) is 3.37. The van der Waals surface area contributed by atoms with Gasteiger partial charge in [0, 0.05) is 6.54 Å². The minimum Gasteiger partial charge on any atom is -0.468 e. The maximum atomic E-state index is 10.5. The largest absolute Gasteiger partial charge is 0.468 e. The second-order valence-electron chi connectivity index (χ2n) is 6.61. The van der Waals surface area contributed by atoms with Crippen LogP contribution in [0.5, 0.6) is 0 Å². The molecule has 0 amide bonds. The molecule has 128 valence electrons. The van der Waals surface area contributed by atoms with E-state index >= 15 is 0 Å². The molecule has 2 aromatic heterocycles. The maximum absolute atomic E-state index is 10.5. The number of benzene rings is 1. The van der Waals surface area contributed by atoms with E-state index in [-0.39, 0.29) is 6.04 Å². The number of rotatable bonds is 6. The van der Waals surface area contributed by atoms with Crippen LogP contribution < -0.4 is 0 Å². The van der Waals surface area contributed by atoms with Crippen molar-refractivity contribution in [3.8, 4) is 0 Å². The molecule has 0 aliphatic heterocycles. The first kappa shape index (κ1) is 16.7. The molecule has 5 heteroatoms. The number of imidazole rings is 1. The zero-order chi connectivity index (χ0) is 17.3. The van der Waals surface area contributed by atoms with Gasteiger partial charge in [0.1, 0.15) is 5.76 Å². The van der Waals surface area contributed by atoms with E-state index in [4.69, 9.17) is 4.42 Å². The van der Waals surface area contributed by atoms with Gasteiger partial charge in [0.15, 0.2) is 0 Å². The van der Waals surface area contributed by atoms with Crippen molar-refractivity contribution < 1.29 is 9.52 Å². The van der Waals surface area contributed by atoms with Gasteiger partial charge in [-0.1, -0.05) is 0 Å². The van der Waals surface area contributed by atoms with Gasteiger partial charge in [0.2, 0.25) is 0 Å². The predicted octanol–water partition coefficient (Wildman–Crippen LogP) is 3.30. The van der Waals surface area contributed by atoms with Crippen molar-refractivity contribution in [2.24, 2.45) is 0 Å². The summed E-state index contributed by atoms with van der Waals surface area (Å²) in [5, 5.41) is 10.5. The van der Waals surface area contributed by atoms with E-state index in [2.05, 4.69) is 42.8 Å². The first-order chi connectivity index (χ1) is 11.5. The number of aromatic nitrogens is 2. The fourth-order valence-electron chi connectivity index (χ4n) is 2.98. The summed E-state index contributed by atoms with van der Waals surface area (Å²) >= 11 is 0. The van der Waals surface area contributed by atoms with Crippen LogP contribution in [0.4, 0.5) is 0 Å². The monoisotopic (exact) mass is 327 g/mol. The number of furan rings is 1. The fourth-order valence-corrected chi connectivity index (χ4v) is 2.98. The molecule has 3 rings (SSSR count). The Morgan fingerprint density at radius 2 is 2.04 bits per heavy atom. The van der Waals surface area contributed by atoms with Gasteiger partial charge in [-0.2, -0.15) is 0 Å². The van der Waals surface area contributed by atoms with Gasteiger partial charge in [-0.25, -0.2) is 4.98 Å². The number of hydrogen-bond donors (Lipinski definition) is 1. The predicted molar refractivity (Wildman–Crippen MR) is 95.0 cm³/mol. The Bertz CT molecular complexity index is 807. The van der Waals surface area contributed by atoms with E-state index in [0.717, 1.165) is 16.8 Å². The Balaban J connectivity index is 1.68. The molecule has 5 nitrogen and oxygen atoms in total. The number of nitrogens with zero attached hydrogens (tertiary/aromatic N) is 3. The van der Waals surface area contributed by atoms with Crippen molar-refractivity contribution in [3.05, 3.63) is 53.7 Å². The van der Waals surface area contributed by atoms with E-state index in [0.29, 0.717) is 13.1 Å². The summed E-state index contributed by atoms with van der Waals surface area (Å²) in [6, 6.07) is 8.21. The SMILES string of the molecule is Cc1cc2ncn(CC(O)CN(C)C(C)c3ccco3)c2cc1C. The first-order valence-corrected chi connectivity index (χ1v) is 8.29. The molecule has 3 aromatic rings. The van der Waals surface area contributed by atoms with Gasteiger partial charge in [0.25, 0.3) is 0 Å². The van der Waals surface area contributed by atoms with Crippen molar-refractivity contribution in [3.63, 3.8) is 0 Å². The average molecular weight is 327 g/mol. The molecule has 0 radical (unpaired) electrons. The molecule has 0 saturated carbocycles. The molecule has 2 unspecified atom stereocenters. The van der Waals surface area contributed by atoms with E-state index in [1.807, 2.05) is 30.1 Å². The molecule has 0 aliphatic carbocycles. The highest BCUT2D eigenvalue weighted by atomic mass is 16.3. The lowest BCUT2D eigenvalue weighted by atomic mass is 10.1. The molecule has 0 bridgehead atoms. The quantitative estimate of drug-likeness (QED) is 0.755. The van der Waals surface area contributed by atoms with Gasteiger partial charge in [-0.05, 0) is 63.2 Å². The molecule has 0 aliphatic rings. The number of fused-ring (bicyclic) bond motifs is 1. The molecule has 1 N–H and O–H groups in total. The normalized spacial score (nSPS) is 14.4. The standard InChI is InChI=1S/C19H25N3O2/c1-13-8-17-18(9-14(13)2)22(12-20-17)11-16(23)10-21(4)15(3)19-6-5-7-24-19/h5-9,12,15-16,23H,10-11H2,1-4H3. The Hall–Kier alpha value is -2.11. The Labute approximate surface area is 142 Å². The van der Waals surface area contributed by atoms with Crippen LogP contribution in [0.1, 0.15) is 29.9 Å². The third-order valence-electron chi connectivity index (χ3n) is 4.76. The summed E-state index contributed by atoms with van der Waals surface area (Å²) < 4.78 is 7.47. The lowest BCUT2D eigenvalue weighted by Crippen LogP contribution is -2.33.